The molecule has 0 bridgehead atoms. The van der Waals surface area contributed by atoms with E-state index in [1.54, 1.807) is 14.2 Å². The molecular formula is C24H28N4O2. The molecule has 1 aromatic carbocycles. The van der Waals surface area contributed by atoms with Crippen molar-refractivity contribution in [1.82, 2.24) is 9.88 Å². The largest absolute Gasteiger partial charge is 0.381 e. The molecule has 6 nitrogen and oxygen atoms in total. The van der Waals surface area contributed by atoms with E-state index >= 15 is 0 Å². The normalized spacial score (nSPS) is 30.2. The summed E-state index contributed by atoms with van der Waals surface area (Å²) in [6.45, 7) is 2.04. The molecule has 6 heteroatoms. The van der Waals surface area contributed by atoms with Crippen LogP contribution in [0, 0.1) is 12.3 Å². The number of nitrogens with zero attached hydrogens (tertiary/aromatic N) is 3. The van der Waals surface area contributed by atoms with E-state index in [2.05, 4.69) is 29.2 Å². The van der Waals surface area contributed by atoms with Gasteiger partial charge >= 0.3 is 0 Å². The number of nitrogens with two attached hydrogens (primary N) is 1. The summed E-state index contributed by atoms with van der Waals surface area (Å²) in [4.78, 5) is 24.5. The molecule has 1 amide bonds. The Morgan fingerprint density at radius 3 is 2.57 bits per heavy atom. The molecule has 2 heterocycles. The molecule has 2 spiro atoms. The average Bonchev–Trinajstić information content (AvgIpc) is 3.15. The van der Waals surface area contributed by atoms with E-state index in [-0.39, 0.29) is 17.4 Å². The second-order valence-corrected chi connectivity index (χ2v) is 9.06. The average molecular weight is 405 g/mol. The van der Waals surface area contributed by atoms with Gasteiger partial charge in [-0.05, 0) is 73.4 Å². The molecule has 1 aromatic heterocycles. The summed E-state index contributed by atoms with van der Waals surface area (Å²) in [6, 6.07) is 8.58. The predicted octanol–water partition coefficient (Wildman–Crippen LogP) is 3.17. The molecule has 3 aliphatic rings. The SMILES string of the molecule is COC1CCC2(CC1)Cc1ccc(-c3cncc(C)c3)cc1C21N=C(N)N(C)C1=O. The number of rotatable bonds is 2. The first kappa shape index (κ1) is 19.2. The number of aliphatic imine (C=N–C) groups is 1. The van der Waals surface area contributed by atoms with Crippen LogP contribution in [0.1, 0.15) is 42.4 Å². The highest BCUT2D eigenvalue weighted by Crippen LogP contribution is 2.62. The van der Waals surface area contributed by atoms with Crippen molar-refractivity contribution in [3.05, 3.63) is 53.3 Å². The molecule has 2 N–H and O–H groups in total. The summed E-state index contributed by atoms with van der Waals surface area (Å²) in [6.07, 6.45) is 8.50. The monoisotopic (exact) mass is 404 g/mol. The molecule has 1 aliphatic heterocycles. The third kappa shape index (κ3) is 2.49. The molecule has 2 aliphatic carbocycles. The zero-order valence-corrected chi connectivity index (χ0v) is 17.8. The van der Waals surface area contributed by atoms with E-state index in [1.165, 1.54) is 10.5 Å². The first-order valence-electron chi connectivity index (χ1n) is 10.6. The van der Waals surface area contributed by atoms with Gasteiger partial charge in [-0.1, -0.05) is 12.1 Å². The van der Waals surface area contributed by atoms with Gasteiger partial charge in [0.1, 0.15) is 0 Å². The molecule has 0 radical (unpaired) electrons. The molecule has 156 valence electrons. The molecule has 1 atom stereocenters. The van der Waals surface area contributed by atoms with E-state index in [0.717, 1.165) is 54.4 Å². The van der Waals surface area contributed by atoms with Crippen LogP contribution in [-0.4, -0.2) is 42.0 Å². The highest BCUT2D eigenvalue weighted by atomic mass is 16.5. The van der Waals surface area contributed by atoms with Crippen molar-refractivity contribution in [3.63, 3.8) is 0 Å². The van der Waals surface area contributed by atoms with Gasteiger partial charge in [0, 0.05) is 37.5 Å². The number of carbonyl (C=O) groups excluding carboxylic acids is 1. The maximum absolute atomic E-state index is 13.7. The standard InChI is InChI=1S/C24H28N4O2/c1-15-10-18(14-26-13-15)16-4-5-17-12-23(8-6-19(30-3)7-9-23)24(20(17)11-16)21(29)28(2)22(25)27-24/h4-5,10-11,13-14,19H,6-9,12H2,1-3H3,(H2,25,27). The summed E-state index contributed by atoms with van der Waals surface area (Å²) >= 11 is 0. The fourth-order valence-corrected chi connectivity index (χ4v) is 5.82. The summed E-state index contributed by atoms with van der Waals surface area (Å²) in [5.74, 6) is 0.304. The lowest BCUT2D eigenvalue weighted by molar-refractivity contribution is -0.137. The second-order valence-electron chi connectivity index (χ2n) is 9.06. The van der Waals surface area contributed by atoms with Gasteiger partial charge in [0.05, 0.1) is 6.10 Å². The highest BCUT2D eigenvalue weighted by Gasteiger charge is 2.66. The molecule has 1 saturated carbocycles. The fourth-order valence-electron chi connectivity index (χ4n) is 5.82. The quantitative estimate of drug-likeness (QED) is 0.834. The Morgan fingerprint density at radius 1 is 1.17 bits per heavy atom. The third-order valence-electron chi connectivity index (χ3n) is 7.47. The van der Waals surface area contributed by atoms with Crippen LogP contribution in [0.25, 0.3) is 11.1 Å². The number of aromatic nitrogens is 1. The highest BCUT2D eigenvalue weighted by molar-refractivity contribution is 6.08. The van der Waals surface area contributed by atoms with Crippen molar-refractivity contribution < 1.29 is 9.53 Å². The number of guanidine groups is 1. The number of benzene rings is 1. The van der Waals surface area contributed by atoms with Gasteiger partial charge < -0.3 is 10.5 Å². The van der Waals surface area contributed by atoms with Gasteiger partial charge in [0.15, 0.2) is 11.5 Å². The van der Waals surface area contributed by atoms with Crippen molar-refractivity contribution in [2.45, 2.75) is 50.7 Å². The number of pyridine rings is 1. The zero-order valence-electron chi connectivity index (χ0n) is 17.8. The number of carbonyl (C=O) groups is 1. The third-order valence-corrected chi connectivity index (χ3v) is 7.47. The van der Waals surface area contributed by atoms with Crippen LogP contribution in [0.2, 0.25) is 0 Å². The summed E-state index contributed by atoms with van der Waals surface area (Å²) in [5, 5.41) is 0. The molecule has 2 aromatic rings. The molecule has 5 rings (SSSR count). The van der Waals surface area contributed by atoms with Gasteiger partial charge in [-0.15, -0.1) is 0 Å². The second kappa shape index (κ2) is 6.64. The maximum atomic E-state index is 13.7. The Kier molecular flexibility index (Phi) is 4.26. The number of fused-ring (bicyclic) bond motifs is 3. The number of aryl methyl sites for hydroxylation is 1. The van der Waals surface area contributed by atoms with Gasteiger partial charge in [-0.25, -0.2) is 4.99 Å². The first-order chi connectivity index (χ1) is 14.4. The summed E-state index contributed by atoms with van der Waals surface area (Å²) < 4.78 is 5.62. The van der Waals surface area contributed by atoms with Crippen LogP contribution in [0.5, 0.6) is 0 Å². The summed E-state index contributed by atoms with van der Waals surface area (Å²) in [7, 11) is 3.51. The minimum Gasteiger partial charge on any atom is -0.381 e. The Bertz CT molecular complexity index is 1050. The van der Waals surface area contributed by atoms with E-state index in [9.17, 15) is 4.79 Å². The van der Waals surface area contributed by atoms with Crippen LogP contribution in [0.4, 0.5) is 0 Å². The van der Waals surface area contributed by atoms with Crippen molar-refractivity contribution >= 4 is 11.9 Å². The minimum atomic E-state index is -0.937. The fraction of sp³-hybridized carbons (Fsp3) is 0.458. The maximum Gasteiger partial charge on any atom is 0.262 e. The van der Waals surface area contributed by atoms with Gasteiger partial charge in [-0.2, -0.15) is 0 Å². The summed E-state index contributed by atoms with van der Waals surface area (Å²) in [5.41, 5.74) is 10.5. The minimum absolute atomic E-state index is 0.00543. The molecule has 1 fully saturated rings. The molecular weight excluding hydrogens is 376 g/mol. The predicted molar refractivity (Wildman–Crippen MR) is 116 cm³/mol. The van der Waals surface area contributed by atoms with E-state index < -0.39 is 5.54 Å². The number of hydrogen-bond donors (Lipinski definition) is 1. The lowest BCUT2D eigenvalue weighted by Gasteiger charge is -2.45. The van der Waals surface area contributed by atoms with Crippen LogP contribution in [-0.2, 0) is 21.5 Å². The van der Waals surface area contributed by atoms with E-state index in [4.69, 9.17) is 15.5 Å². The lowest BCUT2D eigenvalue weighted by Crippen LogP contribution is -2.51. The number of amides is 1. The first-order valence-corrected chi connectivity index (χ1v) is 10.6. The van der Waals surface area contributed by atoms with Crippen molar-refractivity contribution in [2.24, 2.45) is 16.1 Å². The van der Waals surface area contributed by atoms with Crippen LogP contribution < -0.4 is 5.73 Å². The van der Waals surface area contributed by atoms with Crippen LogP contribution in [0.15, 0.2) is 41.7 Å². The van der Waals surface area contributed by atoms with Gasteiger partial charge in [0.2, 0.25) is 0 Å². The van der Waals surface area contributed by atoms with E-state index in [0.29, 0.717) is 5.96 Å². The van der Waals surface area contributed by atoms with Crippen molar-refractivity contribution in [2.75, 3.05) is 14.2 Å². The van der Waals surface area contributed by atoms with Crippen LogP contribution >= 0.6 is 0 Å². The number of likely N-dealkylation sites (N-methyl/N-ethyl adjacent to an activating group) is 1. The molecule has 1 unspecified atom stereocenters. The molecule has 30 heavy (non-hydrogen) atoms. The molecule has 0 saturated heterocycles. The Morgan fingerprint density at radius 2 is 1.93 bits per heavy atom. The van der Waals surface area contributed by atoms with Gasteiger partial charge in [0.25, 0.3) is 5.91 Å². The van der Waals surface area contributed by atoms with Crippen molar-refractivity contribution in [1.29, 1.82) is 0 Å². The van der Waals surface area contributed by atoms with Gasteiger partial charge in [-0.3, -0.25) is 14.7 Å². The van der Waals surface area contributed by atoms with Crippen LogP contribution in [0.3, 0.4) is 0 Å². The Labute approximate surface area is 177 Å². The zero-order chi connectivity index (χ0) is 21.1. The smallest absolute Gasteiger partial charge is 0.262 e. The Balaban J connectivity index is 1.67. The number of ether oxygens (including phenoxy) is 1. The van der Waals surface area contributed by atoms with Crippen molar-refractivity contribution in [3.8, 4) is 11.1 Å². The number of hydrogen-bond acceptors (Lipinski definition) is 5. The number of methoxy groups -OCH3 is 1. The Hall–Kier alpha value is -2.73. The lowest BCUT2D eigenvalue weighted by atomic mass is 9.61. The van der Waals surface area contributed by atoms with E-state index in [1.807, 2.05) is 19.3 Å². The topological polar surface area (TPSA) is 80.8 Å².